The zero-order valence-electron chi connectivity index (χ0n) is 16.6. The van der Waals surface area contributed by atoms with E-state index in [4.69, 9.17) is 11.6 Å². The number of benzene rings is 3. The molecule has 9 heteroatoms. The van der Waals surface area contributed by atoms with Crippen molar-refractivity contribution in [3.8, 4) is 11.4 Å². The lowest BCUT2D eigenvalue weighted by atomic mass is 10.0. The van der Waals surface area contributed by atoms with Crippen LogP contribution in [-0.4, -0.2) is 26.0 Å². The van der Waals surface area contributed by atoms with Crippen molar-refractivity contribution in [2.75, 3.05) is 10.7 Å². The molecule has 3 aromatic carbocycles. The number of nitrogens with one attached hydrogen (secondary N) is 2. The molecule has 160 valence electrons. The first-order chi connectivity index (χ1) is 15.6. The quantitative estimate of drug-likeness (QED) is 0.437. The van der Waals surface area contributed by atoms with Gasteiger partial charge in [0, 0.05) is 11.3 Å². The maximum Gasteiger partial charge on any atom is 0.240 e. The monoisotopic (exact) mass is 465 g/mol. The summed E-state index contributed by atoms with van der Waals surface area (Å²) in [6.07, 6.45) is 0. The lowest BCUT2D eigenvalue weighted by Crippen LogP contribution is -2.41. The fourth-order valence-corrected chi connectivity index (χ4v) is 4.79. The number of fused-ring (bicyclic) bond motifs is 1. The van der Waals surface area contributed by atoms with Crippen LogP contribution in [0.25, 0.3) is 11.4 Å². The van der Waals surface area contributed by atoms with Crippen molar-refractivity contribution < 1.29 is 9.18 Å². The molecule has 1 aromatic heterocycles. The van der Waals surface area contributed by atoms with Gasteiger partial charge in [-0.3, -0.25) is 4.79 Å². The molecule has 5 rings (SSSR count). The fourth-order valence-electron chi connectivity index (χ4n) is 3.53. The molecule has 1 amide bonds. The number of thioether (sulfide) groups is 1. The van der Waals surface area contributed by atoms with Crippen LogP contribution in [0.1, 0.15) is 11.6 Å². The standard InChI is InChI=1S/C23H17ClFN5OS/c24-17-13-16(11-12-18(17)25)26-22(31)20-19(14-7-3-1-4-8-14)29-30-21(27-28-23(30)32-20)15-9-5-2-6-10-15/h1-13,19-20,29H,(H,26,31)/t19-,20+/m0/s1. The molecule has 2 heterocycles. The topological polar surface area (TPSA) is 71.8 Å². The number of anilines is 1. The summed E-state index contributed by atoms with van der Waals surface area (Å²) in [5, 5.41) is 11.4. The third-order valence-electron chi connectivity index (χ3n) is 5.07. The zero-order valence-corrected chi connectivity index (χ0v) is 18.1. The minimum atomic E-state index is -0.554. The minimum absolute atomic E-state index is 0.0518. The Hall–Kier alpha value is -3.36. The van der Waals surface area contributed by atoms with Crippen LogP contribution >= 0.6 is 23.4 Å². The van der Waals surface area contributed by atoms with Crippen LogP contribution in [0.3, 0.4) is 0 Å². The Morgan fingerprint density at radius 3 is 2.47 bits per heavy atom. The molecule has 1 aliphatic rings. The Morgan fingerprint density at radius 2 is 1.75 bits per heavy atom. The number of halogens is 2. The van der Waals surface area contributed by atoms with Crippen LogP contribution < -0.4 is 10.7 Å². The van der Waals surface area contributed by atoms with Gasteiger partial charge < -0.3 is 10.7 Å². The molecule has 4 aromatic rings. The molecule has 0 fully saturated rings. The van der Waals surface area contributed by atoms with Gasteiger partial charge in [-0.05, 0) is 23.8 Å². The highest BCUT2D eigenvalue weighted by Crippen LogP contribution is 2.39. The summed E-state index contributed by atoms with van der Waals surface area (Å²) < 4.78 is 15.3. The summed E-state index contributed by atoms with van der Waals surface area (Å²) in [6, 6.07) is 23.2. The summed E-state index contributed by atoms with van der Waals surface area (Å²) in [5.74, 6) is -0.130. The smallest absolute Gasteiger partial charge is 0.240 e. The average Bonchev–Trinajstić information content (AvgIpc) is 3.25. The first kappa shape index (κ1) is 20.5. The molecule has 0 saturated carbocycles. The molecule has 32 heavy (non-hydrogen) atoms. The van der Waals surface area contributed by atoms with E-state index in [2.05, 4.69) is 20.9 Å². The Morgan fingerprint density at radius 1 is 1.03 bits per heavy atom. The van der Waals surface area contributed by atoms with Crippen LogP contribution in [0.2, 0.25) is 5.02 Å². The van der Waals surface area contributed by atoms with Crippen molar-refractivity contribution in [3.05, 3.63) is 95.3 Å². The van der Waals surface area contributed by atoms with Gasteiger partial charge in [0.25, 0.3) is 0 Å². The van der Waals surface area contributed by atoms with Crippen LogP contribution in [0.15, 0.2) is 84.0 Å². The second-order valence-corrected chi connectivity index (χ2v) is 8.70. The highest BCUT2D eigenvalue weighted by atomic mass is 35.5. The van der Waals surface area contributed by atoms with E-state index in [0.717, 1.165) is 11.1 Å². The summed E-state index contributed by atoms with van der Waals surface area (Å²) in [6.45, 7) is 0. The van der Waals surface area contributed by atoms with Crippen molar-refractivity contribution in [1.29, 1.82) is 0 Å². The van der Waals surface area contributed by atoms with Crippen LogP contribution in [0.5, 0.6) is 0 Å². The number of hydrogen-bond acceptors (Lipinski definition) is 5. The van der Waals surface area contributed by atoms with E-state index < -0.39 is 11.1 Å². The van der Waals surface area contributed by atoms with Crippen molar-refractivity contribution in [2.45, 2.75) is 16.4 Å². The van der Waals surface area contributed by atoms with E-state index in [-0.39, 0.29) is 17.0 Å². The number of carbonyl (C=O) groups is 1. The molecule has 0 bridgehead atoms. The summed E-state index contributed by atoms with van der Waals surface area (Å²) in [4.78, 5) is 13.3. The fraction of sp³-hybridized carbons (Fsp3) is 0.0870. The average molecular weight is 466 g/mol. The molecule has 0 aliphatic carbocycles. The van der Waals surface area contributed by atoms with E-state index in [1.165, 1.54) is 30.0 Å². The van der Waals surface area contributed by atoms with E-state index in [9.17, 15) is 9.18 Å². The maximum atomic E-state index is 13.5. The summed E-state index contributed by atoms with van der Waals surface area (Å²) >= 11 is 7.19. The zero-order chi connectivity index (χ0) is 22.1. The largest absolute Gasteiger partial charge is 0.325 e. The van der Waals surface area contributed by atoms with E-state index in [1.54, 1.807) is 0 Å². The van der Waals surface area contributed by atoms with Gasteiger partial charge in [-0.1, -0.05) is 84.0 Å². The lowest BCUT2D eigenvalue weighted by Gasteiger charge is -2.33. The van der Waals surface area contributed by atoms with Crippen molar-refractivity contribution in [1.82, 2.24) is 14.9 Å². The maximum absolute atomic E-state index is 13.5. The first-order valence-corrected chi connectivity index (χ1v) is 11.1. The van der Waals surface area contributed by atoms with Gasteiger partial charge in [0.2, 0.25) is 11.1 Å². The minimum Gasteiger partial charge on any atom is -0.325 e. The predicted octanol–water partition coefficient (Wildman–Crippen LogP) is 5.14. The highest BCUT2D eigenvalue weighted by Gasteiger charge is 2.38. The molecular formula is C23H17ClFN5OS. The third kappa shape index (κ3) is 3.94. The van der Waals surface area contributed by atoms with Gasteiger partial charge in [0.15, 0.2) is 5.82 Å². The van der Waals surface area contributed by atoms with Crippen molar-refractivity contribution >= 4 is 35.0 Å². The summed E-state index contributed by atoms with van der Waals surface area (Å²) in [5.41, 5.74) is 5.70. The first-order valence-electron chi connectivity index (χ1n) is 9.85. The number of rotatable bonds is 4. The Kier molecular flexibility index (Phi) is 5.55. The Balaban J connectivity index is 1.50. The van der Waals surface area contributed by atoms with Gasteiger partial charge in [-0.15, -0.1) is 10.2 Å². The van der Waals surface area contributed by atoms with E-state index >= 15 is 0 Å². The van der Waals surface area contributed by atoms with E-state index in [1.807, 2.05) is 65.3 Å². The number of carbonyl (C=O) groups excluding carboxylic acids is 1. The van der Waals surface area contributed by atoms with Crippen LogP contribution in [0, 0.1) is 5.82 Å². The van der Waals surface area contributed by atoms with Crippen LogP contribution in [-0.2, 0) is 4.79 Å². The molecular weight excluding hydrogens is 449 g/mol. The van der Waals surface area contributed by atoms with Gasteiger partial charge >= 0.3 is 0 Å². The van der Waals surface area contributed by atoms with E-state index in [0.29, 0.717) is 16.7 Å². The molecule has 0 unspecified atom stereocenters. The lowest BCUT2D eigenvalue weighted by molar-refractivity contribution is -0.116. The molecule has 2 N–H and O–H groups in total. The molecule has 6 nitrogen and oxygen atoms in total. The third-order valence-corrected chi connectivity index (χ3v) is 6.58. The highest BCUT2D eigenvalue weighted by molar-refractivity contribution is 8.00. The number of amides is 1. The summed E-state index contributed by atoms with van der Waals surface area (Å²) in [7, 11) is 0. The van der Waals surface area contributed by atoms with Gasteiger partial charge in [-0.2, -0.15) is 0 Å². The Labute approximate surface area is 192 Å². The van der Waals surface area contributed by atoms with Crippen molar-refractivity contribution in [2.24, 2.45) is 0 Å². The number of aromatic nitrogens is 3. The van der Waals surface area contributed by atoms with Gasteiger partial charge in [0.05, 0.1) is 11.1 Å². The second kappa shape index (κ2) is 8.64. The second-order valence-electron chi connectivity index (χ2n) is 7.18. The van der Waals surface area contributed by atoms with Gasteiger partial charge in [0.1, 0.15) is 11.1 Å². The number of nitrogens with zero attached hydrogens (tertiary/aromatic N) is 3. The normalized spacial score (nSPS) is 17.3. The Bertz CT molecular complexity index is 1270. The molecule has 0 spiro atoms. The number of hydrogen-bond donors (Lipinski definition) is 2. The SMILES string of the molecule is O=C(Nc1ccc(F)c(Cl)c1)[C@@H]1Sc2nnc(-c3ccccc3)n2N[C@H]1c1ccccc1. The molecule has 0 saturated heterocycles. The van der Waals surface area contributed by atoms with Crippen molar-refractivity contribution in [3.63, 3.8) is 0 Å². The van der Waals surface area contributed by atoms with Gasteiger partial charge in [-0.25, -0.2) is 9.07 Å². The predicted molar refractivity (Wildman–Crippen MR) is 124 cm³/mol. The molecule has 2 atom stereocenters. The van der Waals surface area contributed by atoms with Crippen LogP contribution in [0.4, 0.5) is 10.1 Å². The molecule has 0 radical (unpaired) electrons. The molecule has 1 aliphatic heterocycles.